The topological polar surface area (TPSA) is 12.0 Å². The van der Waals surface area contributed by atoms with Crippen LogP contribution in [0.3, 0.4) is 0 Å². The highest BCUT2D eigenvalue weighted by Gasteiger charge is 2.25. The van der Waals surface area contributed by atoms with Gasteiger partial charge in [-0.3, -0.25) is 5.32 Å². The third-order valence-electron chi connectivity index (χ3n) is 3.12. The van der Waals surface area contributed by atoms with E-state index in [-0.39, 0.29) is 0 Å². The van der Waals surface area contributed by atoms with Crippen LogP contribution >= 0.6 is 0 Å². The zero-order valence-corrected chi connectivity index (χ0v) is 8.58. The van der Waals surface area contributed by atoms with Crippen LogP contribution < -0.4 is 5.32 Å². The van der Waals surface area contributed by atoms with Crippen LogP contribution in [0, 0.1) is 33.8 Å². The molecule has 0 aliphatic carbocycles. The van der Waals surface area contributed by atoms with Crippen molar-refractivity contribution in [3.8, 4) is 0 Å². The van der Waals surface area contributed by atoms with E-state index in [0.29, 0.717) is 0 Å². The molecule has 0 unspecified atom stereocenters. The van der Waals surface area contributed by atoms with Crippen molar-refractivity contribution >= 4 is 5.69 Å². The summed E-state index contributed by atoms with van der Waals surface area (Å²) in [5.41, 5.74) is 7.95. The molecular formula is C12H14N+. The highest BCUT2D eigenvalue weighted by molar-refractivity contribution is 5.71. The van der Waals surface area contributed by atoms with Gasteiger partial charge in [-0.2, -0.15) is 0 Å². The summed E-state index contributed by atoms with van der Waals surface area (Å²) in [4.78, 5) is 0. The van der Waals surface area contributed by atoms with Crippen LogP contribution in [-0.4, -0.2) is 0 Å². The lowest BCUT2D eigenvalue weighted by Crippen LogP contribution is -1.98. The first kappa shape index (κ1) is 8.28. The first-order valence-electron chi connectivity index (χ1n) is 4.58. The molecule has 0 bridgehead atoms. The van der Waals surface area contributed by atoms with Gasteiger partial charge in [0.25, 0.3) is 0 Å². The molecule has 2 rings (SSSR count). The number of fused-ring (bicyclic) bond motifs is 1. The normalized spacial score (nSPS) is 12.3. The molecule has 0 radical (unpaired) electrons. The fourth-order valence-electron chi connectivity index (χ4n) is 1.85. The summed E-state index contributed by atoms with van der Waals surface area (Å²) in [6.45, 7) is 8.68. The summed E-state index contributed by atoms with van der Waals surface area (Å²) < 4.78 is 0. The highest BCUT2D eigenvalue weighted by Crippen LogP contribution is 2.33. The van der Waals surface area contributed by atoms with Crippen LogP contribution in [-0.2, 0) is 0 Å². The molecule has 1 aromatic rings. The molecule has 1 heterocycles. The molecule has 0 fully saturated rings. The number of rotatable bonds is 0. The summed E-state index contributed by atoms with van der Waals surface area (Å²) in [5, 5.41) is 3.24. The van der Waals surface area contributed by atoms with Gasteiger partial charge in [-0.1, -0.05) is 0 Å². The molecule has 0 saturated heterocycles. The van der Waals surface area contributed by atoms with Crippen LogP contribution in [0.25, 0.3) is 0 Å². The van der Waals surface area contributed by atoms with E-state index in [2.05, 4.69) is 39.1 Å². The Kier molecular flexibility index (Phi) is 1.64. The Bertz CT molecular complexity index is 400. The summed E-state index contributed by atoms with van der Waals surface area (Å²) in [6, 6.07) is 0. The minimum atomic E-state index is 1.24. The fourth-order valence-corrected chi connectivity index (χ4v) is 1.85. The van der Waals surface area contributed by atoms with Crippen molar-refractivity contribution in [2.24, 2.45) is 0 Å². The van der Waals surface area contributed by atoms with Gasteiger partial charge in [0, 0.05) is 18.1 Å². The predicted octanol–water partition coefficient (Wildman–Crippen LogP) is 3.01. The third kappa shape index (κ3) is 0.976. The lowest BCUT2D eigenvalue weighted by Gasteiger charge is -2.06. The third-order valence-corrected chi connectivity index (χ3v) is 3.12. The van der Waals surface area contributed by atoms with Gasteiger partial charge in [0.05, 0.1) is 11.6 Å². The molecule has 66 valence electrons. The lowest BCUT2D eigenvalue weighted by atomic mass is 9.93. The molecule has 1 aliphatic heterocycles. The van der Waals surface area contributed by atoms with E-state index >= 15 is 0 Å². The predicted molar refractivity (Wildman–Crippen MR) is 55.9 cm³/mol. The van der Waals surface area contributed by atoms with Crippen LogP contribution in [0.1, 0.15) is 27.8 Å². The Balaban J connectivity index is 2.82. The van der Waals surface area contributed by atoms with Crippen molar-refractivity contribution in [1.82, 2.24) is 0 Å². The summed E-state index contributed by atoms with van der Waals surface area (Å²) in [5.74, 6) is 0. The highest BCUT2D eigenvalue weighted by atomic mass is 14.9. The molecule has 0 saturated carbocycles. The maximum atomic E-state index is 3.24. The van der Waals surface area contributed by atoms with Crippen LogP contribution in [0.2, 0.25) is 0 Å². The van der Waals surface area contributed by atoms with Gasteiger partial charge in [-0.15, -0.1) is 0 Å². The average molecular weight is 172 g/mol. The van der Waals surface area contributed by atoms with Crippen molar-refractivity contribution in [1.29, 1.82) is 0 Å². The first-order valence-corrected chi connectivity index (χ1v) is 4.58. The first-order chi connectivity index (χ1) is 6.13. The Morgan fingerprint density at radius 1 is 0.923 bits per heavy atom. The van der Waals surface area contributed by atoms with E-state index in [1.54, 1.807) is 0 Å². The molecule has 1 nitrogen and oxygen atoms in total. The van der Waals surface area contributed by atoms with Crippen LogP contribution in [0.15, 0.2) is 6.20 Å². The number of benzene rings is 1. The molecule has 13 heavy (non-hydrogen) atoms. The fraction of sp³-hybridized carbons (Fsp3) is 0.333. The molecule has 0 aromatic heterocycles. The van der Waals surface area contributed by atoms with Gasteiger partial charge in [-0.25, -0.2) is 0 Å². The molecule has 1 aromatic carbocycles. The molecule has 0 atom stereocenters. The molecule has 1 aliphatic rings. The SMILES string of the molecule is Cc1c(C)c(C)c2c(c1C)[C+]=CN2. The van der Waals surface area contributed by atoms with Crippen molar-refractivity contribution in [2.45, 2.75) is 27.7 Å². The van der Waals surface area contributed by atoms with Gasteiger partial charge in [0.2, 0.25) is 5.56 Å². The Morgan fingerprint density at radius 2 is 1.54 bits per heavy atom. The van der Waals surface area contributed by atoms with Crippen molar-refractivity contribution in [2.75, 3.05) is 5.32 Å². The van der Waals surface area contributed by atoms with Gasteiger partial charge in [0.15, 0.2) is 5.69 Å². The monoisotopic (exact) mass is 172 g/mol. The van der Waals surface area contributed by atoms with Crippen molar-refractivity contribution < 1.29 is 0 Å². The standard InChI is InChI=1S/C12H14N/c1-7-8(2)10(4)12-11(9(7)3)5-6-13-12/h6,13H,1-4H3/q+1. The quantitative estimate of drug-likeness (QED) is 0.593. The Morgan fingerprint density at radius 3 is 2.23 bits per heavy atom. The smallest absolute Gasteiger partial charge is 0.217 e. The van der Waals surface area contributed by atoms with Gasteiger partial charge >= 0.3 is 0 Å². The minimum Gasteiger partial charge on any atom is -0.288 e. The maximum Gasteiger partial charge on any atom is 0.217 e. The minimum absolute atomic E-state index is 1.24. The molecule has 0 spiro atoms. The average Bonchev–Trinajstić information content (AvgIpc) is 2.59. The lowest BCUT2D eigenvalue weighted by molar-refractivity contribution is 1.21. The summed E-state index contributed by atoms with van der Waals surface area (Å²) >= 11 is 0. The maximum absolute atomic E-state index is 3.24. The van der Waals surface area contributed by atoms with Gasteiger partial charge in [0.1, 0.15) is 6.20 Å². The Labute approximate surface area is 79.5 Å². The number of anilines is 1. The number of hydrogen-bond donors (Lipinski definition) is 1. The molecular weight excluding hydrogens is 158 g/mol. The van der Waals surface area contributed by atoms with Gasteiger partial charge in [-0.05, 0) is 26.3 Å². The second-order valence-corrected chi connectivity index (χ2v) is 3.68. The summed E-state index contributed by atoms with van der Waals surface area (Å²) in [7, 11) is 0. The number of hydrogen-bond acceptors (Lipinski definition) is 1. The molecule has 0 amide bonds. The second kappa shape index (κ2) is 2.58. The van der Waals surface area contributed by atoms with E-state index in [4.69, 9.17) is 0 Å². The van der Waals surface area contributed by atoms with E-state index < -0.39 is 0 Å². The Hall–Kier alpha value is -1.33. The van der Waals surface area contributed by atoms with Crippen LogP contribution in [0.4, 0.5) is 5.69 Å². The zero-order chi connectivity index (χ0) is 9.59. The molecule has 1 N–H and O–H groups in total. The van der Waals surface area contributed by atoms with E-state index in [1.165, 1.54) is 33.5 Å². The van der Waals surface area contributed by atoms with Crippen molar-refractivity contribution in [3.05, 3.63) is 40.1 Å². The van der Waals surface area contributed by atoms with E-state index in [9.17, 15) is 0 Å². The van der Waals surface area contributed by atoms with E-state index in [1.807, 2.05) is 6.20 Å². The van der Waals surface area contributed by atoms with Crippen LogP contribution in [0.5, 0.6) is 0 Å². The number of nitrogens with one attached hydrogen (secondary N) is 1. The molecule has 1 heteroatoms. The van der Waals surface area contributed by atoms with Gasteiger partial charge < -0.3 is 0 Å². The summed E-state index contributed by atoms with van der Waals surface area (Å²) in [6.07, 6.45) is 5.13. The van der Waals surface area contributed by atoms with Crippen molar-refractivity contribution in [3.63, 3.8) is 0 Å². The largest absolute Gasteiger partial charge is 0.288 e. The van der Waals surface area contributed by atoms with E-state index in [0.717, 1.165) is 0 Å². The second-order valence-electron chi connectivity index (χ2n) is 3.68. The zero-order valence-electron chi connectivity index (χ0n) is 8.58.